The molecule has 0 aromatic carbocycles. The Morgan fingerprint density at radius 2 is 2.36 bits per heavy atom. The summed E-state index contributed by atoms with van der Waals surface area (Å²) < 4.78 is 1.65. The zero-order valence-electron chi connectivity index (χ0n) is 6.45. The van der Waals surface area contributed by atoms with Crippen molar-refractivity contribution in [3.8, 4) is 0 Å². The first-order valence-electron chi connectivity index (χ1n) is 3.52. The van der Waals surface area contributed by atoms with Gasteiger partial charge in [0.2, 0.25) is 0 Å². The van der Waals surface area contributed by atoms with E-state index in [1.165, 1.54) is 0 Å². The number of thiol groups is 1. The highest BCUT2D eigenvalue weighted by Crippen LogP contribution is 1.90. The molecule has 60 valence electrons. The zero-order valence-corrected chi connectivity index (χ0v) is 7.34. The van der Waals surface area contributed by atoms with Gasteiger partial charge in [-0.05, 0) is 18.6 Å². The van der Waals surface area contributed by atoms with Crippen molar-refractivity contribution in [2.75, 3.05) is 5.75 Å². The SMILES string of the molecule is Cc1ccn(CCS)c(=O)c1. The number of nitrogens with zero attached hydrogens (tertiary/aromatic N) is 1. The van der Waals surface area contributed by atoms with Crippen LogP contribution in [0.5, 0.6) is 0 Å². The van der Waals surface area contributed by atoms with Gasteiger partial charge in [0.15, 0.2) is 0 Å². The molecule has 11 heavy (non-hydrogen) atoms. The van der Waals surface area contributed by atoms with Crippen LogP contribution in [0.4, 0.5) is 0 Å². The van der Waals surface area contributed by atoms with E-state index in [4.69, 9.17) is 0 Å². The molecule has 0 unspecified atom stereocenters. The highest BCUT2D eigenvalue weighted by Gasteiger charge is 1.92. The third-order valence-electron chi connectivity index (χ3n) is 1.49. The van der Waals surface area contributed by atoms with E-state index in [0.29, 0.717) is 12.3 Å². The van der Waals surface area contributed by atoms with Gasteiger partial charge in [-0.15, -0.1) is 0 Å². The first-order chi connectivity index (χ1) is 5.24. The Morgan fingerprint density at radius 3 is 2.91 bits per heavy atom. The van der Waals surface area contributed by atoms with E-state index in [0.717, 1.165) is 5.56 Å². The average Bonchev–Trinajstić information content (AvgIpc) is 1.95. The van der Waals surface area contributed by atoms with Gasteiger partial charge in [-0.2, -0.15) is 12.6 Å². The standard InChI is InChI=1S/C8H11NOS/c1-7-2-3-9(4-5-11)8(10)6-7/h2-3,6,11H,4-5H2,1H3. The van der Waals surface area contributed by atoms with Crippen LogP contribution >= 0.6 is 12.6 Å². The van der Waals surface area contributed by atoms with Crippen LogP contribution in [0.1, 0.15) is 5.56 Å². The summed E-state index contributed by atoms with van der Waals surface area (Å²) >= 11 is 4.05. The number of aromatic nitrogens is 1. The van der Waals surface area contributed by atoms with Gasteiger partial charge in [-0.25, -0.2) is 0 Å². The third kappa shape index (κ3) is 2.12. The molecule has 1 rings (SSSR count). The van der Waals surface area contributed by atoms with Crippen molar-refractivity contribution in [3.05, 3.63) is 34.2 Å². The molecule has 0 aliphatic carbocycles. The maximum atomic E-state index is 11.2. The highest BCUT2D eigenvalue weighted by atomic mass is 32.1. The second kappa shape index (κ2) is 3.62. The van der Waals surface area contributed by atoms with Gasteiger partial charge >= 0.3 is 0 Å². The summed E-state index contributed by atoms with van der Waals surface area (Å²) in [5, 5.41) is 0. The molecule has 0 atom stereocenters. The number of hydrogen-bond donors (Lipinski definition) is 1. The second-order valence-electron chi connectivity index (χ2n) is 2.46. The summed E-state index contributed by atoms with van der Waals surface area (Å²) in [5.41, 5.74) is 1.06. The fourth-order valence-corrected chi connectivity index (χ4v) is 1.11. The average molecular weight is 169 g/mol. The van der Waals surface area contributed by atoms with Gasteiger partial charge in [0.05, 0.1) is 0 Å². The molecule has 0 saturated heterocycles. The molecule has 0 N–H and O–H groups in total. The fourth-order valence-electron chi connectivity index (χ4n) is 0.899. The lowest BCUT2D eigenvalue weighted by atomic mass is 10.3. The maximum Gasteiger partial charge on any atom is 0.250 e. The molecule has 0 aliphatic rings. The minimum Gasteiger partial charge on any atom is -0.315 e. The van der Waals surface area contributed by atoms with E-state index in [-0.39, 0.29) is 5.56 Å². The Hall–Kier alpha value is -0.700. The van der Waals surface area contributed by atoms with E-state index in [2.05, 4.69) is 12.6 Å². The Balaban J connectivity index is 3.00. The number of pyridine rings is 1. The lowest BCUT2D eigenvalue weighted by Crippen LogP contribution is -2.19. The van der Waals surface area contributed by atoms with Crippen molar-refractivity contribution < 1.29 is 0 Å². The van der Waals surface area contributed by atoms with Crippen LogP contribution in [0.15, 0.2) is 23.1 Å². The minimum atomic E-state index is 0.0547. The molecule has 3 heteroatoms. The summed E-state index contributed by atoms with van der Waals surface area (Å²) in [6, 6.07) is 3.55. The molecule has 1 heterocycles. The summed E-state index contributed by atoms with van der Waals surface area (Å²) in [5.74, 6) is 0.697. The van der Waals surface area contributed by atoms with Gasteiger partial charge in [0, 0.05) is 24.6 Å². The molecular formula is C8H11NOS. The van der Waals surface area contributed by atoms with Crippen LogP contribution in [-0.2, 0) is 6.54 Å². The summed E-state index contributed by atoms with van der Waals surface area (Å²) in [7, 11) is 0. The molecular weight excluding hydrogens is 158 g/mol. The Labute approximate surface area is 71.3 Å². The monoisotopic (exact) mass is 169 g/mol. The van der Waals surface area contributed by atoms with Crippen molar-refractivity contribution in [2.24, 2.45) is 0 Å². The van der Waals surface area contributed by atoms with Crippen molar-refractivity contribution in [1.29, 1.82) is 0 Å². The summed E-state index contributed by atoms with van der Waals surface area (Å²) in [4.78, 5) is 11.2. The molecule has 0 amide bonds. The van der Waals surface area contributed by atoms with Gasteiger partial charge < -0.3 is 4.57 Å². The molecule has 0 radical (unpaired) electrons. The molecule has 0 bridgehead atoms. The van der Waals surface area contributed by atoms with E-state index in [1.54, 1.807) is 16.8 Å². The van der Waals surface area contributed by atoms with Gasteiger partial charge in [0.1, 0.15) is 0 Å². The number of aryl methyl sites for hydroxylation is 2. The Bertz CT molecular complexity index is 292. The van der Waals surface area contributed by atoms with Crippen LogP contribution in [0, 0.1) is 6.92 Å². The maximum absolute atomic E-state index is 11.2. The molecule has 0 aliphatic heterocycles. The topological polar surface area (TPSA) is 22.0 Å². The van der Waals surface area contributed by atoms with Crippen LogP contribution in [-0.4, -0.2) is 10.3 Å². The Kier molecular flexibility index (Phi) is 2.76. The quantitative estimate of drug-likeness (QED) is 0.658. The van der Waals surface area contributed by atoms with Crippen molar-refractivity contribution in [3.63, 3.8) is 0 Å². The highest BCUT2D eigenvalue weighted by molar-refractivity contribution is 7.80. The van der Waals surface area contributed by atoms with Crippen molar-refractivity contribution in [2.45, 2.75) is 13.5 Å². The van der Waals surface area contributed by atoms with Crippen LogP contribution in [0.3, 0.4) is 0 Å². The predicted octanol–water partition coefficient (Wildman–Crippen LogP) is 1.09. The number of rotatable bonds is 2. The van der Waals surface area contributed by atoms with Crippen LogP contribution < -0.4 is 5.56 Å². The smallest absolute Gasteiger partial charge is 0.250 e. The van der Waals surface area contributed by atoms with Crippen LogP contribution in [0.2, 0.25) is 0 Å². The lowest BCUT2D eigenvalue weighted by Gasteiger charge is -2.01. The predicted molar refractivity (Wildman–Crippen MR) is 49.3 cm³/mol. The lowest BCUT2D eigenvalue weighted by molar-refractivity contribution is 0.734. The molecule has 1 aromatic rings. The van der Waals surface area contributed by atoms with E-state index in [1.807, 2.05) is 13.0 Å². The second-order valence-corrected chi connectivity index (χ2v) is 2.91. The third-order valence-corrected chi connectivity index (χ3v) is 1.69. The van der Waals surface area contributed by atoms with E-state index in [9.17, 15) is 4.79 Å². The zero-order chi connectivity index (χ0) is 8.27. The fraction of sp³-hybridized carbons (Fsp3) is 0.375. The molecule has 0 spiro atoms. The molecule has 2 nitrogen and oxygen atoms in total. The summed E-state index contributed by atoms with van der Waals surface area (Å²) in [6.45, 7) is 2.59. The first kappa shape index (κ1) is 8.40. The molecule has 0 saturated carbocycles. The first-order valence-corrected chi connectivity index (χ1v) is 4.15. The largest absolute Gasteiger partial charge is 0.315 e. The van der Waals surface area contributed by atoms with E-state index >= 15 is 0 Å². The van der Waals surface area contributed by atoms with Crippen molar-refractivity contribution >= 4 is 12.6 Å². The Morgan fingerprint density at radius 1 is 1.64 bits per heavy atom. The normalized spacial score (nSPS) is 10.0. The van der Waals surface area contributed by atoms with E-state index < -0.39 is 0 Å². The van der Waals surface area contributed by atoms with Gasteiger partial charge in [0.25, 0.3) is 5.56 Å². The van der Waals surface area contributed by atoms with Gasteiger partial charge in [-0.3, -0.25) is 4.79 Å². The van der Waals surface area contributed by atoms with Gasteiger partial charge in [-0.1, -0.05) is 0 Å². The molecule has 1 aromatic heterocycles. The summed E-state index contributed by atoms with van der Waals surface area (Å²) in [6.07, 6.45) is 1.80. The van der Waals surface area contributed by atoms with Crippen LogP contribution in [0.25, 0.3) is 0 Å². The molecule has 0 fully saturated rings. The van der Waals surface area contributed by atoms with Crippen molar-refractivity contribution in [1.82, 2.24) is 4.57 Å². The number of hydrogen-bond acceptors (Lipinski definition) is 2. The minimum absolute atomic E-state index is 0.0547.